The molecule has 1 aliphatic rings. The molecule has 0 bridgehead atoms. The fourth-order valence-corrected chi connectivity index (χ4v) is 3.73. The summed E-state index contributed by atoms with van der Waals surface area (Å²) in [6.07, 6.45) is 14.4. The Morgan fingerprint density at radius 3 is 2.77 bits per heavy atom. The lowest BCUT2D eigenvalue weighted by molar-refractivity contribution is 0.325. The molecular formula is C21H31N5. The van der Waals surface area contributed by atoms with Crippen molar-refractivity contribution in [3.8, 4) is 11.3 Å². The maximum absolute atomic E-state index is 4.60. The van der Waals surface area contributed by atoms with Crippen molar-refractivity contribution in [2.75, 3.05) is 11.9 Å². The standard InChI is InChI=1S/C21H31N5/c1-3-17(26-18-7-5-4-6-8-18)9-12-23-21-19(13-16(2)14-24-21)20-10-11-22-15-25-20/h10-11,13-15,17-18,26H,3-9,12H2,1-2H3,(H,23,24). The third-order valence-corrected chi connectivity index (χ3v) is 5.24. The molecule has 1 unspecified atom stereocenters. The van der Waals surface area contributed by atoms with Crippen LogP contribution in [0.1, 0.15) is 57.4 Å². The second kappa shape index (κ2) is 9.62. The van der Waals surface area contributed by atoms with Gasteiger partial charge in [0.05, 0.1) is 5.69 Å². The molecule has 0 amide bonds. The Morgan fingerprint density at radius 1 is 1.19 bits per heavy atom. The van der Waals surface area contributed by atoms with Gasteiger partial charge in [0.15, 0.2) is 0 Å². The van der Waals surface area contributed by atoms with Gasteiger partial charge >= 0.3 is 0 Å². The van der Waals surface area contributed by atoms with E-state index in [2.05, 4.69) is 45.5 Å². The third-order valence-electron chi connectivity index (χ3n) is 5.24. The third kappa shape index (κ3) is 5.24. The van der Waals surface area contributed by atoms with Gasteiger partial charge in [-0.2, -0.15) is 0 Å². The summed E-state index contributed by atoms with van der Waals surface area (Å²) < 4.78 is 0. The summed E-state index contributed by atoms with van der Waals surface area (Å²) in [7, 11) is 0. The summed E-state index contributed by atoms with van der Waals surface area (Å²) in [6.45, 7) is 5.24. The molecule has 2 heterocycles. The van der Waals surface area contributed by atoms with Crippen LogP contribution in [0.4, 0.5) is 5.82 Å². The highest BCUT2D eigenvalue weighted by atomic mass is 15.0. The van der Waals surface area contributed by atoms with Crippen LogP contribution in [-0.2, 0) is 0 Å². The molecule has 1 aliphatic carbocycles. The van der Waals surface area contributed by atoms with Crippen LogP contribution in [0.5, 0.6) is 0 Å². The monoisotopic (exact) mass is 353 g/mol. The molecule has 0 saturated heterocycles. The predicted molar refractivity (Wildman–Crippen MR) is 107 cm³/mol. The van der Waals surface area contributed by atoms with E-state index >= 15 is 0 Å². The van der Waals surface area contributed by atoms with E-state index < -0.39 is 0 Å². The van der Waals surface area contributed by atoms with Gasteiger partial charge in [-0.3, -0.25) is 0 Å². The number of aromatic nitrogens is 3. The van der Waals surface area contributed by atoms with Crippen LogP contribution in [0, 0.1) is 6.92 Å². The van der Waals surface area contributed by atoms with Gasteiger partial charge in [0.2, 0.25) is 0 Å². The second-order valence-electron chi connectivity index (χ2n) is 7.33. The maximum atomic E-state index is 4.60. The highest BCUT2D eigenvalue weighted by molar-refractivity contribution is 5.72. The van der Waals surface area contributed by atoms with Gasteiger partial charge in [0.1, 0.15) is 12.1 Å². The van der Waals surface area contributed by atoms with Gasteiger partial charge in [-0.1, -0.05) is 26.2 Å². The van der Waals surface area contributed by atoms with Crippen LogP contribution in [0.2, 0.25) is 0 Å². The molecule has 0 radical (unpaired) electrons. The molecule has 3 rings (SSSR count). The molecule has 2 aromatic rings. The number of hydrogen-bond acceptors (Lipinski definition) is 5. The summed E-state index contributed by atoms with van der Waals surface area (Å²) in [5.41, 5.74) is 3.08. The van der Waals surface area contributed by atoms with Gasteiger partial charge in [-0.25, -0.2) is 15.0 Å². The summed E-state index contributed by atoms with van der Waals surface area (Å²) in [6, 6.07) is 5.34. The van der Waals surface area contributed by atoms with E-state index in [0.29, 0.717) is 12.1 Å². The first-order valence-corrected chi connectivity index (χ1v) is 9.99. The molecule has 5 heteroatoms. The van der Waals surface area contributed by atoms with Crippen LogP contribution in [0.3, 0.4) is 0 Å². The van der Waals surface area contributed by atoms with E-state index in [-0.39, 0.29) is 0 Å². The van der Waals surface area contributed by atoms with Crippen LogP contribution in [0.25, 0.3) is 11.3 Å². The van der Waals surface area contributed by atoms with E-state index in [1.54, 1.807) is 12.5 Å². The zero-order valence-corrected chi connectivity index (χ0v) is 16.0. The summed E-state index contributed by atoms with van der Waals surface area (Å²) in [5.74, 6) is 0.904. The smallest absolute Gasteiger partial charge is 0.135 e. The quantitative estimate of drug-likeness (QED) is 0.739. The lowest BCUT2D eigenvalue weighted by Gasteiger charge is -2.28. The topological polar surface area (TPSA) is 62.7 Å². The van der Waals surface area contributed by atoms with Gasteiger partial charge in [0.25, 0.3) is 0 Å². The molecule has 5 nitrogen and oxygen atoms in total. The number of nitrogens with zero attached hydrogens (tertiary/aromatic N) is 3. The predicted octanol–water partition coefficient (Wildman–Crippen LogP) is 4.35. The zero-order valence-electron chi connectivity index (χ0n) is 16.0. The van der Waals surface area contributed by atoms with Gasteiger partial charge in [0, 0.05) is 36.6 Å². The molecule has 0 aliphatic heterocycles. The zero-order chi connectivity index (χ0) is 18.2. The van der Waals surface area contributed by atoms with Crippen molar-refractivity contribution in [3.63, 3.8) is 0 Å². The van der Waals surface area contributed by atoms with Crippen molar-refractivity contribution >= 4 is 5.82 Å². The number of rotatable bonds is 8. The fourth-order valence-electron chi connectivity index (χ4n) is 3.73. The Labute approximate surface area is 157 Å². The lowest BCUT2D eigenvalue weighted by atomic mass is 9.94. The van der Waals surface area contributed by atoms with Crippen LogP contribution >= 0.6 is 0 Å². The number of aryl methyl sites for hydroxylation is 1. The molecular weight excluding hydrogens is 322 g/mol. The van der Waals surface area contributed by atoms with E-state index in [1.165, 1.54) is 32.1 Å². The van der Waals surface area contributed by atoms with Gasteiger partial charge < -0.3 is 10.6 Å². The summed E-state index contributed by atoms with van der Waals surface area (Å²) >= 11 is 0. The molecule has 0 aromatic carbocycles. The first-order chi connectivity index (χ1) is 12.8. The number of anilines is 1. The minimum atomic E-state index is 0.568. The first kappa shape index (κ1) is 18.8. The molecule has 26 heavy (non-hydrogen) atoms. The fraction of sp³-hybridized carbons (Fsp3) is 0.571. The Balaban J connectivity index is 1.58. The van der Waals surface area contributed by atoms with E-state index in [0.717, 1.165) is 42.0 Å². The molecule has 2 aromatic heterocycles. The van der Waals surface area contributed by atoms with Crippen molar-refractivity contribution in [2.24, 2.45) is 0 Å². The molecule has 140 valence electrons. The summed E-state index contributed by atoms with van der Waals surface area (Å²) in [4.78, 5) is 13.0. The Kier molecular flexibility index (Phi) is 6.95. The Morgan fingerprint density at radius 2 is 2.04 bits per heavy atom. The minimum Gasteiger partial charge on any atom is -0.369 e. The van der Waals surface area contributed by atoms with Crippen LogP contribution in [0.15, 0.2) is 30.9 Å². The Hall–Kier alpha value is -2.01. The van der Waals surface area contributed by atoms with Crippen molar-refractivity contribution in [3.05, 3.63) is 36.4 Å². The lowest BCUT2D eigenvalue weighted by Crippen LogP contribution is -2.40. The Bertz CT molecular complexity index is 667. The molecule has 1 fully saturated rings. The molecule has 1 saturated carbocycles. The van der Waals surface area contributed by atoms with Crippen LogP contribution in [-0.4, -0.2) is 33.6 Å². The highest BCUT2D eigenvalue weighted by Crippen LogP contribution is 2.25. The minimum absolute atomic E-state index is 0.568. The van der Waals surface area contributed by atoms with Crippen molar-refractivity contribution < 1.29 is 0 Å². The van der Waals surface area contributed by atoms with E-state index in [4.69, 9.17) is 0 Å². The van der Waals surface area contributed by atoms with E-state index in [9.17, 15) is 0 Å². The second-order valence-corrected chi connectivity index (χ2v) is 7.33. The molecule has 0 spiro atoms. The maximum Gasteiger partial charge on any atom is 0.135 e. The first-order valence-electron chi connectivity index (χ1n) is 9.99. The van der Waals surface area contributed by atoms with Crippen molar-refractivity contribution in [2.45, 2.75) is 70.9 Å². The average molecular weight is 354 g/mol. The summed E-state index contributed by atoms with van der Waals surface area (Å²) in [5, 5.41) is 7.40. The van der Waals surface area contributed by atoms with E-state index in [1.807, 2.05) is 12.3 Å². The SMILES string of the molecule is CCC(CCNc1ncc(C)cc1-c1ccncn1)NC1CCCCC1. The number of nitrogens with one attached hydrogen (secondary N) is 2. The average Bonchev–Trinajstić information content (AvgIpc) is 2.69. The largest absolute Gasteiger partial charge is 0.369 e. The van der Waals surface area contributed by atoms with Gasteiger partial charge in [-0.15, -0.1) is 0 Å². The van der Waals surface area contributed by atoms with Crippen molar-refractivity contribution in [1.29, 1.82) is 0 Å². The number of pyridine rings is 1. The van der Waals surface area contributed by atoms with Crippen molar-refractivity contribution in [1.82, 2.24) is 20.3 Å². The van der Waals surface area contributed by atoms with Gasteiger partial charge in [-0.05, 0) is 50.3 Å². The molecule has 2 N–H and O–H groups in total. The normalized spacial score (nSPS) is 16.4. The number of hydrogen-bond donors (Lipinski definition) is 2. The highest BCUT2D eigenvalue weighted by Gasteiger charge is 2.17. The molecule has 1 atom stereocenters. The van der Waals surface area contributed by atoms with Crippen LogP contribution < -0.4 is 10.6 Å².